The molecule has 0 aromatic carbocycles. The lowest BCUT2D eigenvalue weighted by molar-refractivity contribution is 0.627. The van der Waals surface area contributed by atoms with E-state index in [4.69, 9.17) is 17.3 Å². The van der Waals surface area contributed by atoms with Gasteiger partial charge in [-0.05, 0) is 13.0 Å². The van der Waals surface area contributed by atoms with Gasteiger partial charge in [0.25, 0.3) is 0 Å². The molecule has 0 aromatic heterocycles. The van der Waals surface area contributed by atoms with Gasteiger partial charge in [-0.2, -0.15) is 0 Å². The number of nitrogens with zero attached hydrogens (tertiary/aromatic N) is 1. The van der Waals surface area contributed by atoms with Gasteiger partial charge in [0.1, 0.15) is 5.16 Å². The predicted molar refractivity (Wildman–Crippen MR) is 38.2 cm³/mol. The third kappa shape index (κ3) is 1.69. The minimum atomic E-state index is -0.373. The van der Waals surface area contributed by atoms with Crippen molar-refractivity contribution in [3.05, 3.63) is 11.2 Å². The van der Waals surface area contributed by atoms with E-state index in [0.717, 1.165) is 5.71 Å². The molecule has 1 heterocycles. The van der Waals surface area contributed by atoms with Crippen LogP contribution >= 0.6 is 11.6 Å². The van der Waals surface area contributed by atoms with Gasteiger partial charge in [0, 0.05) is 5.71 Å². The van der Waals surface area contributed by atoms with Crippen LogP contribution in [-0.2, 0) is 0 Å². The summed E-state index contributed by atoms with van der Waals surface area (Å²) in [6.45, 7) is 1.85. The second-order valence-corrected chi connectivity index (χ2v) is 2.26. The van der Waals surface area contributed by atoms with E-state index in [9.17, 15) is 0 Å². The van der Waals surface area contributed by atoms with E-state index < -0.39 is 0 Å². The average molecular weight is 146 g/mol. The van der Waals surface area contributed by atoms with Crippen molar-refractivity contribution in [2.75, 3.05) is 0 Å². The molecule has 9 heavy (non-hydrogen) atoms. The number of hydrogen-bond donors (Lipinski definition) is 2. The van der Waals surface area contributed by atoms with Gasteiger partial charge in [-0.1, -0.05) is 11.6 Å². The standard InChI is InChI=1S/C5H8ClN3/c1-3-2-4(6)9-5(7)8-3/h2,5,9H,7H2,1H3. The minimum absolute atomic E-state index is 0.373. The maximum Gasteiger partial charge on any atom is 0.172 e. The SMILES string of the molecule is CC1=NC(N)NC(Cl)=C1. The molecule has 0 saturated carbocycles. The van der Waals surface area contributed by atoms with Crippen molar-refractivity contribution in [1.82, 2.24) is 5.32 Å². The fourth-order valence-electron chi connectivity index (χ4n) is 0.655. The maximum atomic E-state index is 5.60. The summed E-state index contributed by atoms with van der Waals surface area (Å²) in [4.78, 5) is 3.96. The largest absolute Gasteiger partial charge is 0.342 e. The fraction of sp³-hybridized carbons (Fsp3) is 0.400. The van der Waals surface area contributed by atoms with Crippen molar-refractivity contribution in [1.29, 1.82) is 0 Å². The van der Waals surface area contributed by atoms with Crippen LogP contribution in [-0.4, -0.2) is 12.0 Å². The molecule has 0 amide bonds. The molecule has 0 saturated heterocycles. The van der Waals surface area contributed by atoms with E-state index in [0.29, 0.717) is 5.16 Å². The van der Waals surface area contributed by atoms with Crippen molar-refractivity contribution in [2.24, 2.45) is 10.7 Å². The van der Waals surface area contributed by atoms with E-state index in [2.05, 4.69) is 10.3 Å². The van der Waals surface area contributed by atoms with Gasteiger partial charge >= 0.3 is 0 Å². The lowest BCUT2D eigenvalue weighted by atomic mass is 10.4. The van der Waals surface area contributed by atoms with E-state index in [1.807, 2.05) is 6.92 Å². The van der Waals surface area contributed by atoms with Crippen LogP contribution < -0.4 is 11.1 Å². The zero-order valence-corrected chi connectivity index (χ0v) is 5.81. The number of halogens is 1. The smallest absolute Gasteiger partial charge is 0.172 e. The van der Waals surface area contributed by atoms with Crippen molar-refractivity contribution >= 4 is 17.3 Å². The monoisotopic (exact) mass is 145 g/mol. The Balaban J connectivity index is 2.74. The van der Waals surface area contributed by atoms with E-state index >= 15 is 0 Å². The Bertz CT molecular complexity index is 173. The Hall–Kier alpha value is -0.540. The van der Waals surface area contributed by atoms with E-state index in [1.165, 1.54) is 0 Å². The molecule has 3 nitrogen and oxygen atoms in total. The molecule has 3 N–H and O–H groups in total. The highest BCUT2D eigenvalue weighted by atomic mass is 35.5. The number of hydrogen-bond acceptors (Lipinski definition) is 3. The third-order valence-electron chi connectivity index (χ3n) is 0.964. The summed E-state index contributed by atoms with van der Waals surface area (Å²) in [7, 11) is 0. The van der Waals surface area contributed by atoms with Gasteiger partial charge in [-0.25, -0.2) is 0 Å². The number of allylic oxidation sites excluding steroid dienone is 1. The molecule has 0 radical (unpaired) electrons. The molecule has 4 heteroatoms. The molecule has 0 fully saturated rings. The van der Waals surface area contributed by atoms with Crippen molar-refractivity contribution in [3.63, 3.8) is 0 Å². The molecule has 1 unspecified atom stereocenters. The molecule has 1 atom stereocenters. The van der Waals surface area contributed by atoms with E-state index in [1.54, 1.807) is 6.08 Å². The van der Waals surface area contributed by atoms with Crippen molar-refractivity contribution in [2.45, 2.75) is 13.2 Å². The predicted octanol–water partition coefficient (Wildman–Crippen LogP) is 0.373. The van der Waals surface area contributed by atoms with Gasteiger partial charge in [0.05, 0.1) is 0 Å². The summed E-state index contributed by atoms with van der Waals surface area (Å²) in [5.74, 6) is 0. The fourth-order valence-corrected chi connectivity index (χ4v) is 0.925. The highest BCUT2D eigenvalue weighted by molar-refractivity contribution is 6.31. The third-order valence-corrected chi connectivity index (χ3v) is 1.18. The lowest BCUT2D eigenvalue weighted by Gasteiger charge is -2.14. The summed E-state index contributed by atoms with van der Waals surface area (Å²) in [5.41, 5.74) is 6.24. The molecule has 1 aliphatic heterocycles. The summed E-state index contributed by atoms with van der Waals surface area (Å²) < 4.78 is 0. The van der Waals surface area contributed by atoms with E-state index in [-0.39, 0.29) is 6.29 Å². The van der Waals surface area contributed by atoms with Gasteiger partial charge in [-0.3, -0.25) is 10.7 Å². The Kier molecular flexibility index (Phi) is 1.73. The highest BCUT2D eigenvalue weighted by Crippen LogP contribution is 2.02. The van der Waals surface area contributed by atoms with Gasteiger partial charge in [-0.15, -0.1) is 0 Å². The molecule has 0 aliphatic carbocycles. The van der Waals surface area contributed by atoms with Gasteiger partial charge in [0.15, 0.2) is 6.29 Å². The summed E-state index contributed by atoms with van der Waals surface area (Å²) in [5, 5.41) is 3.28. The van der Waals surface area contributed by atoms with Crippen LogP contribution in [0.4, 0.5) is 0 Å². The molecular formula is C5H8ClN3. The van der Waals surface area contributed by atoms with Crippen LogP contribution in [0, 0.1) is 0 Å². The second-order valence-electron chi connectivity index (χ2n) is 1.85. The van der Waals surface area contributed by atoms with Crippen LogP contribution in [0.2, 0.25) is 0 Å². The molecule has 1 rings (SSSR count). The Morgan fingerprint density at radius 2 is 2.56 bits per heavy atom. The molecular weight excluding hydrogens is 138 g/mol. The summed E-state index contributed by atoms with van der Waals surface area (Å²) in [6, 6.07) is 0. The van der Waals surface area contributed by atoms with Crippen LogP contribution in [0.3, 0.4) is 0 Å². The number of rotatable bonds is 0. The van der Waals surface area contributed by atoms with Crippen LogP contribution in [0.15, 0.2) is 16.2 Å². The molecule has 50 valence electrons. The van der Waals surface area contributed by atoms with Gasteiger partial charge in [0.2, 0.25) is 0 Å². The first-order chi connectivity index (χ1) is 4.18. The topological polar surface area (TPSA) is 50.4 Å². The number of nitrogens with one attached hydrogen (secondary N) is 1. The Morgan fingerprint density at radius 3 is 3.00 bits per heavy atom. The normalized spacial score (nSPS) is 26.3. The molecule has 0 bridgehead atoms. The minimum Gasteiger partial charge on any atom is -0.342 e. The van der Waals surface area contributed by atoms with Crippen LogP contribution in [0.1, 0.15) is 6.92 Å². The lowest BCUT2D eigenvalue weighted by Crippen LogP contribution is -2.36. The first kappa shape index (κ1) is 6.58. The maximum absolute atomic E-state index is 5.60. The zero-order chi connectivity index (χ0) is 6.85. The number of aliphatic imine (C=N–C) groups is 1. The molecule has 0 aromatic rings. The van der Waals surface area contributed by atoms with Crippen LogP contribution in [0.25, 0.3) is 0 Å². The summed E-state index contributed by atoms with van der Waals surface area (Å²) in [6.07, 6.45) is 1.35. The number of nitrogens with two attached hydrogens (primary N) is 1. The van der Waals surface area contributed by atoms with Crippen molar-refractivity contribution in [3.8, 4) is 0 Å². The average Bonchev–Trinajstić information content (AvgIpc) is 1.59. The quantitative estimate of drug-likeness (QED) is 0.484. The first-order valence-electron chi connectivity index (χ1n) is 2.62. The first-order valence-corrected chi connectivity index (χ1v) is 3.00. The van der Waals surface area contributed by atoms with Crippen molar-refractivity contribution < 1.29 is 0 Å². The molecule has 0 spiro atoms. The Morgan fingerprint density at radius 1 is 1.89 bits per heavy atom. The highest BCUT2D eigenvalue weighted by Gasteiger charge is 2.05. The summed E-state index contributed by atoms with van der Waals surface area (Å²) >= 11 is 5.60. The van der Waals surface area contributed by atoms with Crippen LogP contribution in [0.5, 0.6) is 0 Å². The zero-order valence-electron chi connectivity index (χ0n) is 5.06. The second kappa shape index (κ2) is 2.37. The Labute approximate surface area is 58.6 Å². The van der Waals surface area contributed by atoms with Gasteiger partial charge < -0.3 is 5.32 Å². The molecule has 1 aliphatic rings.